The first kappa shape index (κ1) is 7.60. The zero-order valence-corrected chi connectivity index (χ0v) is 7.47. The Morgan fingerprint density at radius 3 is 2.73 bits per heavy atom. The van der Waals surface area contributed by atoms with E-state index in [0.717, 1.165) is 18.0 Å². The number of piperidine rings is 1. The lowest BCUT2D eigenvalue weighted by Gasteiger charge is -2.39. The van der Waals surface area contributed by atoms with Gasteiger partial charge in [-0.15, -0.1) is 0 Å². The Morgan fingerprint density at radius 2 is 1.82 bits per heavy atom. The van der Waals surface area contributed by atoms with Gasteiger partial charge in [-0.1, -0.05) is 12.8 Å². The zero-order valence-electron chi connectivity index (χ0n) is 7.47. The Kier molecular flexibility index (Phi) is 2.17. The third kappa shape index (κ3) is 1.58. The van der Waals surface area contributed by atoms with Crippen molar-refractivity contribution in [2.24, 2.45) is 5.92 Å². The number of hydrogen-bond donors (Lipinski definition) is 1. The van der Waals surface area contributed by atoms with Crippen LogP contribution in [0.1, 0.15) is 45.4 Å². The minimum Gasteiger partial charge on any atom is -0.311 e. The topological polar surface area (TPSA) is 12.0 Å². The van der Waals surface area contributed by atoms with Crippen LogP contribution in [0.25, 0.3) is 0 Å². The Labute approximate surface area is 69.6 Å². The predicted octanol–water partition coefficient (Wildman–Crippen LogP) is 2.32. The molecule has 3 atom stereocenters. The molecular formula is C10H19N. The largest absolute Gasteiger partial charge is 0.311 e. The van der Waals surface area contributed by atoms with Crippen LogP contribution in [0.4, 0.5) is 0 Å². The van der Waals surface area contributed by atoms with Crippen molar-refractivity contribution in [3.05, 3.63) is 0 Å². The van der Waals surface area contributed by atoms with Crippen molar-refractivity contribution < 1.29 is 0 Å². The summed E-state index contributed by atoms with van der Waals surface area (Å²) in [4.78, 5) is 0. The highest BCUT2D eigenvalue weighted by Gasteiger charge is 2.29. The third-order valence-electron chi connectivity index (χ3n) is 3.38. The molecule has 1 aliphatic heterocycles. The molecule has 2 aliphatic rings. The first-order valence-electron chi connectivity index (χ1n) is 5.12. The molecule has 1 saturated carbocycles. The second-order valence-corrected chi connectivity index (χ2v) is 4.30. The molecule has 1 heterocycles. The smallest absolute Gasteiger partial charge is 0.00978 e. The molecule has 1 heteroatoms. The van der Waals surface area contributed by atoms with Crippen LogP contribution in [0, 0.1) is 5.92 Å². The molecule has 0 aromatic carbocycles. The summed E-state index contributed by atoms with van der Waals surface area (Å²) in [7, 11) is 0. The summed E-state index contributed by atoms with van der Waals surface area (Å²) in [6.07, 6.45) is 8.76. The molecule has 0 aromatic rings. The minimum absolute atomic E-state index is 0.786. The van der Waals surface area contributed by atoms with Gasteiger partial charge in [0.05, 0.1) is 0 Å². The quantitative estimate of drug-likeness (QED) is 0.563. The fourth-order valence-corrected chi connectivity index (χ4v) is 2.69. The molecule has 64 valence electrons. The van der Waals surface area contributed by atoms with Gasteiger partial charge in [0, 0.05) is 12.1 Å². The third-order valence-corrected chi connectivity index (χ3v) is 3.38. The summed E-state index contributed by atoms with van der Waals surface area (Å²) in [6.45, 7) is 2.32. The average molecular weight is 153 g/mol. The number of rotatable bonds is 0. The van der Waals surface area contributed by atoms with Crippen LogP contribution in [-0.4, -0.2) is 12.1 Å². The van der Waals surface area contributed by atoms with Crippen LogP contribution in [0.2, 0.25) is 0 Å². The van der Waals surface area contributed by atoms with Gasteiger partial charge in [0.25, 0.3) is 0 Å². The number of nitrogens with one attached hydrogen (secondary N) is 1. The van der Waals surface area contributed by atoms with E-state index in [1.807, 2.05) is 0 Å². The van der Waals surface area contributed by atoms with Crippen molar-refractivity contribution in [1.82, 2.24) is 5.32 Å². The highest BCUT2D eigenvalue weighted by Crippen LogP contribution is 2.31. The molecule has 2 unspecified atom stereocenters. The van der Waals surface area contributed by atoms with Gasteiger partial charge in [0.15, 0.2) is 0 Å². The molecule has 1 saturated heterocycles. The van der Waals surface area contributed by atoms with Crippen LogP contribution >= 0.6 is 0 Å². The molecule has 11 heavy (non-hydrogen) atoms. The maximum atomic E-state index is 3.72. The summed E-state index contributed by atoms with van der Waals surface area (Å²) in [5.74, 6) is 1.03. The van der Waals surface area contributed by atoms with Crippen molar-refractivity contribution in [3.8, 4) is 0 Å². The van der Waals surface area contributed by atoms with E-state index in [-0.39, 0.29) is 0 Å². The van der Waals surface area contributed by atoms with E-state index in [2.05, 4.69) is 12.2 Å². The molecule has 1 N–H and O–H groups in total. The molecule has 0 aromatic heterocycles. The SMILES string of the molecule is CC1CC[C@H]2CCCCC2N1. The van der Waals surface area contributed by atoms with Crippen molar-refractivity contribution in [2.45, 2.75) is 57.5 Å². The second-order valence-electron chi connectivity index (χ2n) is 4.30. The number of hydrogen-bond acceptors (Lipinski definition) is 1. The van der Waals surface area contributed by atoms with Gasteiger partial charge >= 0.3 is 0 Å². The van der Waals surface area contributed by atoms with Crippen LogP contribution < -0.4 is 5.32 Å². The predicted molar refractivity (Wildman–Crippen MR) is 47.6 cm³/mol. The highest BCUT2D eigenvalue weighted by atomic mass is 15.0. The van der Waals surface area contributed by atoms with Gasteiger partial charge < -0.3 is 5.32 Å². The lowest BCUT2D eigenvalue weighted by molar-refractivity contribution is 0.182. The van der Waals surface area contributed by atoms with E-state index < -0.39 is 0 Å². The van der Waals surface area contributed by atoms with Crippen LogP contribution in [0.5, 0.6) is 0 Å². The molecule has 2 rings (SSSR count). The molecule has 0 amide bonds. The molecule has 1 nitrogen and oxygen atoms in total. The van der Waals surface area contributed by atoms with Crippen molar-refractivity contribution >= 4 is 0 Å². The summed E-state index contributed by atoms with van der Waals surface area (Å²) in [6, 6.07) is 1.67. The Hall–Kier alpha value is -0.0400. The van der Waals surface area contributed by atoms with E-state index >= 15 is 0 Å². The minimum atomic E-state index is 0.786. The maximum absolute atomic E-state index is 3.72. The molecule has 1 aliphatic carbocycles. The first-order valence-corrected chi connectivity index (χ1v) is 5.12. The Balaban J connectivity index is 1.93. The maximum Gasteiger partial charge on any atom is 0.00978 e. The van der Waals surface area contributed by atoms with E-state index in [0.29, 0.717) is 0 Å². The zero-order chi connectivity index (χ0) is 7.68. The standard InChI is InChI=1S/C10H19N/c1-8-6-7-9-4-2-3-5-10(9)11-8/h8-11H,2-7H2,1H3/t8?,9-,10?/m1/s1. The Morgan fingerprint density at radius 1 is 1.00 bits per heavy atom. The lowest BCUT2D eigenvalue weighted by Crippen LogP contribution is -2.47. The summed E-state index contributed by atoms with van der Waals surface area (Å²) in [5, 5.41) is 3.72. The van der Waals surface area contributed by atoms with Crippen molar-refractivity contribution in [2.75, 3.05) is 0 Å². The lowest BCUT2D eigenvalue weighted by atomic mass is 9.78. The van der Waals surface area contributed by atoms with Gasteiger partial charge in [-0.2, -0.15) is 0 Å². The average Bonchev–Trinajstić information content (AvgIpc) is 2.04. The van der Waals surface area contributed by atoms with E-state index in [9.17, 15) is 0 Å². The second kappa shape index (κ2) is 3.14. The van der Waals surface area contributed by atoms with Gasteiger partial charge in [-0.3, -0.25) is 0 Å². The fourth-order valence-electron chi connectivity index (χ4n) is 2.69. The van der Waals surface area contributed by atoms with Gasteiger partial charge in [0.1, 0.15) is 0 Å². The van der Waals surface area contributed by atoms with Gasteiger partial charge in [-0.05, 0) is 38.5 Å². The fraction of sp³-hybridized carbons (Fsp3) is 1.00. The molecule has 0 bridgehead atoms. The summed E-state index contributed by atoms with van der Waals surface area (Å²) >= 11 is 0. The summed E-state index contributed by atoms with van der Waals surface area (Å²) in [5.41, 5.74) is 0. The molecule has 0 spiro atoms. The van der Waals surface area contributed by atoms with Crippen LogP contribution in [-0.2, 0) is 0 Å². The monoisotopic (exact) mass is 153 g/mol. The van der Waals surface area contributed by atoms with E-state index in [1.165, 1.54) is 38.5 Å². The van der Waals surface area contributed by atoms with Crippen molar-refractivity contribution in [3.63, 3.8) is 0 Å². The Bertz CT molecular complexity index is 133. The molecule has 0 radical (unpaired) electrons. The normalized spacial score (nSPS) is 45.0. The molecule has 2 fully saturated rings. The van der Waals surface area contributed by atoms with E-state index in [4.69, 9.17) is 0 Å². The first-order chi connectivity index (χ1) is 5.36. The van der Waals surface area contributed by atoms with Crippen LogP contribution in [0.3, 0.4) is 0 Å². The summed E-state index contributed by atoms with van der Waals surface area (Å²) < 4.78 is 0. The molecular weight excluding hydrogens is 134 g/mol. The van der Waals surface area contributed by atoms with E-state index in [1.54, 1.807) is 0 Å². The van der Waals surface area contributed by atoms with Gasteiger partial charge in [0.2, 0.25) is 0 Å². The number of fused-ring (bicyclic) bond motifs is 1. The van der Waals surface area contributed by atoms with Gasteiger partial charge in [-0.25, -0.2) is 0 Å². The highest BCUT2D eigenvalue weighted by molar-refractivity contribution is 4.87. The van der Waals surface area contributed by atoms with Crippen LogP contribution in [0.15, 0.2) is 0 Å². The van der Waals surface area contributed by atoms with Crippen molar-refractivity contribution in [1.29, 1.82) is 0 Å².